The molecule has 24 heavy (non-hydrogen) atoms. The van der Waals surface area contributed by atoms with Crippen molar-refractivity contribution in [2.24, 2.45) is 0 Å². The molecule has 1 saturated heterocycles. The van der Waals surface area contributed by atoms with E-state index < -0.39 is 17.4 Å². The quantitative estimate of drug-likeness (QED) is 0.841. The van der Waals surface area contributed by atoms with Crippen molar-refractivity contribution in [2.75, 3.05) is 37.4 Å². The number of aliphatic hydroxyl groups is 1. The molecule has 1 amide bonds. The third kappa shape index (κ3) is 4.00. The number of nitrogens with two attached hydrogens (primary N) is 1. The van der Waals surface area contributed by atoms with E-state index in [0.717, 1.165) is 5.69 Å². The van der Waals surface area contributed by atoms with Gasteiger partial charge in [0, 0.05) is 19.2 Å². The molecule has 8 heteroatoms. The fourth-order valence-electron chi connectivity index (χ4n) is 2.64. The molecule has 2 heterocycles. The first kappa shape index (κ1) is 18.1. The smallest absolute Gasteiger partial charge is 0.412 e. The van der Waals surface area contributed by atoms with Gasteiger partial charge in [-0.3, -0.25) is 4.90 Å². The van der Waals surface area contributed by atoms with Crippen LogP contribution in [0.2, 0.25) is 0 Å². The average molecular weight is 338 g/mol. The molecule has 1 aliphatic rings. The summed E-state index contributed by atoms with van der Waals surface area (Å²) in [5, 5.41) is 10.7. The van der Waals surface area contributed by atoms with Gasteiger partial charge in [-0.1, -0.05) is 0 Å². The first-order chi connectivity index (χ1) is 11.0. The van der Waals surface area contributed by atoms with Crippen LogP contribution in [0.5, 0.6) is 5.75 Å². The lowest BCUT2D eigenvalue weighted by atomic mass is 10.1. The van der Waals surface area contributed by atoms with E-state index >= 15 is 0 Å². The first-order valence-electron chi connectivity index (χ1n) is 7.81. The maximum absolute atomic E-state index is 12.3. The number of anilines is 2. The highest BCUT2D eigenvalue weighted by Crippen LogP contribution is 2.32. The standard InChI is InChI=1S/C16H26N4O4/c1-15(2,3)24-14(21)20-7-6-19(10-16(20,4)22)11-9-18-13(17)8-12(11)23-5/h8-9,22H,6-7,10H2,1-5H3,(H2,17,18)/t16-/m1/s1. The third-order valence-corrected chi connectivity index (χ3v) is 3.71. The molecular formula is C16H26N4O4. The van der Waals surface area contributed by atoms with Gasteiger partial charge in [0.15, 0.2) is 5.72 Å². The van der Waals surface area contributed by atoms with Crippen molar-refractivity contribution in [2.45, 2.75) is 39.0 Å². The van der Waals surface area contributed by atoms with Gasteiger partial charge >= 0.3 is 6.09 Å². The Kier molecular flexibility index (Phi) is 4.80. The van der Waals surface area contributed by atoms with E-state index in [-0.39, 0.29) is 6.54 Å². The van der Waals surface area contributed by atoms with Crippen LogP contribution in [0.25, 0.3) is 0 Å². The minimum Gasteiger partial charge on any atom is -0.494 e. The monoisotopic (exact) mass is 338 g/mol. The molecular weight excluding hydrogens is 312 g/mol. The third-order valence-electron chi connectivity index (χ3n) is 3.71. The van der Waals surface area contributed by atoms with Crippen LogP contribution < -0.4 is 15.4 Å². The number of ether oxygens (including phenoxy) is 2. The normalized spacial score (nSPS) is 21.6. The molecule has 1 aromatic rings. The molecule has 1 atom stereocenters. The van der Waals surface area contributed by atoms with E-state index in [4.69, 9.17) is 15.2 Å². The number of methoxy groups -OCH3 is 1. The van der Waals surface area contributed by atoms with Crippen molar-refractivity contribution in [1.29, 1.82) is 0 Å². The molecule has 3 N–H and O–H groups in total. The number of nitrogens with zero attached hydrogens (tertiary/aromatic N) is 3. The Hall–Kier alpha value is -2.22. The summed E-state index contributed by atoms with van der Waals surface area (Å²) in [5.41, 5.74) is 4.40. The number of aromatic nitrogens is 1. The number of hydrogen-bond donors (Lipinski definition) is 2. The molecule has 0 bridgehead atoms. The van der Waals surface area contributed by atoms with Crippen LogP contribution in [0.15, 0.2) is 12.3 Å². The van der Waals surface area contributed by atoms with Gasteiger partial charge in [0.1, 0.15) is 17.2 Å². The van der Waals surface area contributed by atoms with Crippen molar-refractivity contribution >= 4 is 17.6 Å². The van der Waals surface area contributed by atoms with E-state index in [0.29, 0.717) is 24.7 Å². The Morgan fingerprint density at radius 2 is 2.08 bits per heavy atom. The molecule has 134 valence electrons. The molecule has 0 aliphatic carbocycles. The Morgan fingerprint density at radius 3 is 2.62 bits per heavy atom. The summed E-state index contributed by atoms with van der Waals surface area (Å²) >= 11 is 0. The lowest BCUT2D eigenvalue weighted by molar-refractivity contribution is -0.0976. The fraction of sp³-hybridized carbons (Fsp3) is 0.625. The van der Waals surface area contributed by atoms with E-state index in [9.17, 15) is 9.90 Å². The van der Waals surface area contributed by atoms with Crippen LogP contribution in [0, 0.1) is 0 Å². The number of pyridine rings is 1. The van der Waals surface area contributed by atoms with Crippen molar-refractivity contribution in [3.05, 3.63) is 12.3 Å². The first-order valence-corrected chi connectivity index (χ1v) is 7.81. The van der Waals surface area contributed by atoms with Crippen molar-refractivity contribution in [3.8, 4) is 5.75 Å². The van der Waals surface area contributed by atoms with Gasteiger partial charge in [0.2, 0.25) is 0 Å². The molecule has 2 rings (SSSR count). The summed E-state index contributed by atoms with van der Waals surface area (Å²) in [5.74, 6) is 0.929. The van der Waals surface area contributed by atoms with Crippen LogP contribution in [-0.2, 0) is 4.74 Å². The Bertz CT molecular complexity index is 613. The second-order valence-corrected chi connectivity index (χ2v) is 7.05. The molecule has 0 saturated carbocycles. The SMILES string of the molecule is COc1cc(N)ncc1N1CCN(C(=O)OC(C)(C)C)[C@](C)(O)C1. The number of amides is 1. The molecule has 1 aromatic heterocycles. The van der Waals surface area contributed by atoms with Gasteiger partial charge in [0.05, 0.1) is 25.5 Å². The predicted octanol–water partition coefficient (Wildman–Crippen LogP) is 1.44. The Morgan fingerprint density at radius 1 is 1.42 bits per heavy atom. The fourth-order valence-corrected chi connectivity index (χ4v) is 2.64. The molecule has 8 nitrogen and oxygen atoms in total. The van der Waals surface area contributed by atoms with E-state index in [1.54, 1.807) is 47.1 Å². The number of β-amino-alcohol motifs (C(OH)–C–C–N with tert-alkyl or cyclic N) is 1. The van der Waals surface area contributed by atoms with Gasteiger partial charge in [-0.15, -0.1) is 0 Å². The molecule has 0 spiro atoms. The maximum Gasteiger partial charge on any atom is 0.412 e. The summed E-state index contributed by atoms with van der Waals surface area (Å²) in [4.78, 5) is 19.6. The van der Waals surface area contributed by atoms with Crippen LogP contribution in [0.3, 0.4) is 0 Å². The van der Waals surface area contributed by atoms with Crippen LogP contribution in [0.4, 0.5) is 16.3 Å². The van der Waals surface area contributed by atoms with Crippen molar-refractivity contribution < 1.29 is 19.4 Å². The van der Waals surface area contributed by atoms with Gasteiger partial charge in [-0.05, 0) is 27.7 Å². The second kappa shape index (κ2) is 6.35. The van der Waals surface area contributed by atoms with Crippen molar-refractivity contribution in [1.82, 2.24) is 9.88 Å². The van der Waals surface area contributed by atoms with Gasteiger partial charge < -0.3 is 25.2 Å². The highest BCUT2D eigenvalue weighted by Gasteiger charge is 2.41. The van der Waals surface area contributed by atoms with Gasteiger partial charge in [-0.2, -0.15) is 0 Å². The van der Waals surface area contributed by atoms with Crippen LogP contribution in [-0.4, -0.2) is 59.2 Å². The van der Waals surface area contributed by atoms with E-state index in [1.165, 1.54) is 4.90 Å². The zero-order chi connectivity index (χ0) is 18.1. The highest BCUT2D eigenvalue weighted by molar-refractivity contribution is 5.70. The minimum absolute atomic E-state index is 0.203. The lowest BCUT2D eigenvalue weighted by Crippen LogP contribution is -2.63. The highest BCUT2D eigenvalue weighted by atomic mass is 16.6. The summed E-state index contributed by atoms with van der Waals surface area (Å²) in [7, 11) is 1.55. The predicted molar refractivity (Wildman–Crippen MR) is 91.0 cm³/mol. The zero-order valence-electron chi connectivity index (χ0n) is 14.9. The minimum atomic E-state index is -1.38. The van der Waals surface area contributed by atoms with Crippen LogP contribution in [0.1, 0.15) is 27.7 Å². The molecule has 0 aromatic carbocycles. The van der Waals surface area contributed by atoms with Gasteiger partial charge in [-0.25, -0.2) is 9.78 Å². The van der Waals surface area contributed by atoms with E-state index in [1.807, 2.05) is 4.90 Å². The summed E-state index contributed by atoms with van der Waals surface area (Å²) in [6.07, 6.45) is 1.07. The molecule has 0 unspecified atom stereocenters. The number of piperazine rings is 1. The summed E-state index contributed by atoms with van der Waals surface area (Å²) in [6.45, 7) is 7.99. The number of carbonyl (C=O) groups is 1. The Labute approximate surface area is 142 Å². The lowest BCUT2D eigenvalue weighted by Gasteiger charge is -2.46. The largest absolute Gasteiger partial charge is 0.494 e. The van der Waals surface area contributed by atoms with E-state index in [2.05, 4.69) is 4.98 Å². The van der Waals surface area contributed by atoms with Crippen LogP contribution >= 0.6 is 0 Å². The average Bonchev–Trinajstić information content (AvgIpc) is 2.43. The molecule has 0 radical (unpaired) electrons. The number of carbonyl (C=O) groups excluding carboxylic acids is 1. The number of rotatable bonds is 2. The van der Waals surface area contributed by atoms with Gasteiger partial charge in [0.25, 0.3) is 0 Å². The summed E-state index contributed by atoms with van der Waals surface area (Å²) < 4.78 is 10.7. The molecule has 1 fully saturated rings. The molecule has 1 aliphatic heterocycles. The topological polar surface area (TPSA) is 101 Å². The second-order valence-electron chi connectivity index (χ2n) is 7.05. The van der Waals surface area contributed by atoms with Crippen molar-refractivity contribution in [3.63, 3.8) is 0 Å². The number of hydrogen-bond acceptors (Lipinski definition) is 7. The summed E-state index contributed by atoms with van der Waals surface area (Å²) in [6, 6.07) is 1.63. The Balaban J connectivity index is 2.18. The zero-order valence-corrected chi connectivity index (χ0v) is 14.9. The maximum atomic E-state index is 12.3. The number of nitrogen functional groups attached to an aromatic ring is 1.